The van der Waals surface area contributed by atoms with Gasteiger partial charge in [0.25, 0.3) is 5.91 Å². The number of benzene rings is 2. The lowest BCUT2D eigenvalue weighted by Crippen LogP contribution is -2.31. The van der Waals surface area contributed by atoms with Crippen molar-refractivity contribution in [3.8, 4) is 5.75 Å². The largest absolute Gasteiger partial charge is 0.489 e. The topological polar surface area (TPSA) is 38.3 Å². The van der Waals surface area contributed by atoms with E-state index in [1.54, 1.807) is 12.1 Å². The van der Waals surface area contributed by atoms with Crippen LogP contribution in [0.5, 0.6) is 5.75 Å². The summed E-state index contributed by atoms with van der Waals surface area (Å²) in [5.41, 5.74) is 1.78. The smallest absolute Gasteiger partial charge is 0.251 e. The van der Waals surface area contributed by atoms with Crippen LogP contribution in [0.4, 0.5) is 0 Å². The van der Waals surface area contributed by atoms with Crippen molar-refractivity contribution in [2.75, 3.05) is 0 Å². The van der Waals surface area contributed by atoms with E-state index in [0.29, 0.717) is 12.2 Å². The second kappa shape index (κ2) is 7.48. The molecule has 0 bridgehead atoms. The Morgan fingerprint density at radius 1 is 1.10 bits per heavy atom. The van der Waals surface area contributed by atoms with E-state index in [0.717, 1.165) is 17.7 Å². The highest BCUT2D eigenvalue weighted by molar-refractivity contribution is 5.94. The minimum atomic E-state index is -0.0426. The fraction of sp³-hybridized carbons (Fsp3) is 0.278. The molecular weight excluding hydrogens is 262 g/mol. The first-order valence-electron chi connectivity index (χ1n) is 7.26. The Bertz CT molecular complexity index is 564. The van der Waals surface area contributed by atoms with Crippen molar-refractivity contribution in [1.82, 2.24) is 5.32 Å². The number of carbonyl (C=O) groups excluding carboxylic acids is 1. The van der Waals surface area contributed by atoms with Gasteiger partial charge in [0.1, 0.15) is 12.4 Å². The molecule has 1 atom stereocenters. The molecule has 0 aliphatic rings. The maximum Gasteiger partial charge on any atom is 0.251 e. The van der Waals surface area contributed by atoms with E-state index >= 15 is 0 Å². The van der Waals surface area contributed by atoms with Crippen LogP contribution in [0.1, 0.15) is 36.2 Å². The van der Waals surface area contributed by atoms with Crippen molar-refractivity contribution >= 4 is 5.91 Å². The van der Waals surface area contributed by atoms with Crippen molar-refractivity contribution in [3.63, 3.8) is 0 Å². The third-order valence-corrected chi connectivity index (χ3v) is 3.35. The average Bonchev–Trinajstić information content (AvgIpc) is 2.54. The Morgan fingerprint density at radius 2 is 1.76 bits per heavy atom. The second-order valence-electron chi connectivity index (χ2n) is 5.08. The lowest BCUT2D eigenvalue weighted by atomic mass is 10.2. The summed E-state index contributed by atoms with van der Waals surface area (Å²) in [7, 11) is 0. The second-order valence-corrected chi connectivity index (χ2v) is 5.08. The van der Waals surface area contributed by atoms with E-state index in [1.807, 2.05) is 56.3 Å². The van der Waals surface area contributed by atoms with Crippen LogP contribution >= 0.6 is 0 Å². The number of rotatable bonds is 6. The number of carbonyl (C=O) groups is 1. The number of ether oxygens (including phenoxy) is 1. The molecule has 3 nitrogen and oxygen atoms in total. The summed E-state index contributed by atoms with van der Waals surface area (Å²) in [5.74, 6) is 0.720. The molecule has 110 valence electrons. The van der Waals surface area contributed by atoms with E-state index in [1.165, 1.54) is 0 Å². The summed E-state index contributed by atoms with van der Waals surface area (Å²) in [5, 5.41) is 2.94. The minimum Gasteiger partial charge on any atom is -0.489 e. The van der Waals surface area contributed by atoms with Crippen molar-refractivity contribution in [1.29, 1.82) is 0 Å². The van der Waals surface area contributed by atoms with Gasteiger partial charge in [-0.2, -0.15) is 0 Å². The van der Waals surface area contributed by atoms with E-state index in [9.17, 15) is 4.79 Å². The van der Waals surface area contributed by atoms with Crippen molar-refractivity contribution in [2.24, 2.45) is 0 Å². The third kappa shape index (κ3) is 4.63. The lowest BCUT2D eigenvalue weighted by molar-refractivity contribution is 0.0939. The molecule has 0 fully saturated rings. The van der Waals surface area contributed by atoms with Gasteiger partial charge in [-0.15, -0.1) is 0 Å². The van der Waals surface area contributed by atoms with Gasteiger partial charge >= 0.3 is 0 Å². The van der Waals surface area contributed by atoms with Crippen LogP contribution in [-0.4, -0.2) is 11.9 Å². The van der Waals surface area contributed by atoms with Crippen LogP contribution in [-0.2, 0) is 6.61 Å². The first-order chi connectivity index (χ1) is 10.2. The Hall–Kier alpha value is -2.29. The summed E-state index contributed by atoms with van der Waals surface area (Å²) in [6.07, 6.45) is 0.921. The molecule has 0 radical (unpaired) electrons. The first kappa shape index (κ1) is 15.1. The van der Waals surface area contributed by atoms with Crippen LogP contribution < -0.4 is 10.1 Å². The highest BCUT2D eigenvalue weighted by Gasteiger charge is 2.08. The van der Waals surface area contributed by atoms with Crippen LogP contribution in [0.15, 0.2) is 54.6 Å². The molecular formula is C18H21NO2. The molecule has 0 heterocycles. The quantitative estimate of drug-likeness (QED) is 0.876. The van der Waals surface area contributed by atoms with Gasteiger partial charge < -0.3 is 10.1 Å². The van der Waals surface area contributed by atoms with Crippen LogP contribution in [0, 0.1) is 0 Å². The predicted octanol–water partition coefficient (Wildman–Crippen LogP) is 3.79. The SMILES string of the molecule is CC[C@H](C)NC(=O)c1ccc(OCc2ccccc2)cc1. The Kier molecular flexibility index (Phi) is 5.38. The summed E-state index contributed by atoms with van der Waals surface area (Å²) in [6, 6.07) is 17.4. The lowest BCUT2D eigenvalue weighted by Gasteiger charge is -2.12. The van der Waals surface area contributed by atoms with Crippen LogP contribution in [0.3, 0.4) is 0 Å². The van der Waals surface area contributed by atoms with Gasteiger partial charge in [0, 0.05) is 11.6 Å². The molecule has 3 heteroatoms. The average molecular weight is 283 g/mol. The zero-order valence-electron chi connectivity index (χ0n) is 12.5. The maximum absolute atomic E-state index is 12.0. The van der Waals surface area contributed by atoms with Crippen LogP contribution in [0.25, 0.3) is 0 Å². The molecule has 1 N–H and O–H groups in total. The molecule has 0 aliphatic heterocycles. The molecule has 1 amide bonds. The number of amides is 1. The predicted molar refractivity (Wildman–Crippen MR) is 84.4 cm³/mol. The highest BCUT2D eigenvalue weighted by atomic mass is 16.5. The Morgan fingerprint density at radius 3 is 2.38 bits per heavy atom. The number of hydrogen-bond acceptors (Lipinski definition) is 2. The van der Waals surface area contributed by atoms with Gasteiger partial charge in [-0.05, 0) is 43.2 Å². The van der Waals surface area contributed by atoms with Gasteiger partial charge in [0.05, 0.1) is 0 Å². The monoisotopic (exact) mass is 283 g/mol. The minimum absolute atomic E-state index is 0.0426. The Balaban J connectivity index is 1.91. The summed E-state index contributed by atoms with van der Waals surface area (Å²) < 4.78 is 5.70. The van der Waals surface area contributed by atoms with Gasteiger partial charge in [0.15, 0.2) is 0 Å². The summed E-state index contributed by atoms with van der Waals surface area (Å²) >= 11 is 0. The zero-order valence-corrected chi connectivity index (χ0v) is 12.5. The standard InChI is InChI=1S/C18H21NO2/c1-3-14(2)19-18(20)16-9-11-17(12-10-16)21-13-15-7-5-4-6-8-15/h4-12,14H,3,13H2,1-2H3,(H,19,20)/t14-/m0/s1. The molecule has 0 saturated heterocycles. The Labute approximate surface area is 126 Å². The molecule has 0 spiro atoms. The fourth-order valence-electron chi connectivity index (χ4n) is 1.85. The normalized spacial score (nSPS) is 11.7. The van der Waals surface area contributed by atoms with E-state index in [2.05, 4.69) is 5.32 Å². The van der Waals surface area contributed by atoms with E-state index in [4.69, 9.17) is 4.74 Å². The van der Waals surface area contributed by atoms with Crippen LogP contribution in [0.2, 0.25) is 0 Å². The van der Waals surface area contributed by atoms with Gasteiger partial charge in [-0.25, -0.2) is 0 Å². The van der Waals surface area contributed by atoms with Gasteiger partial charge in [-0.3, -0.25) is 4.79 Å². The molecule has 0 saturated carbocycles. The molecule has 2 aromatic rings. The molecule has 0 unspecified atom stereocenters. The number of nitrogens with one attached hydrogen (secondary N) is 1. The molecule has 21 heavy (non-hydrogen) atoms. The van der Waals surface area contributed by atoms with Crippen molar-refractivity contribution < 1.29 is 9.53 Å². The summed E-state index contributed by atoms with van der Waals surface area (Å²) in [4.78, 5) is 12.0. The van der Waals surface area contributed by atoms with Gasteiger partial charge in [0.2, 0.25) is 0 Å². The fourth-order valence-corrected chi connectivity index (χ4v) is 1.85. The first-order valence-corrected chi connectivity index (χ1v) is 7.26. The molecule has 0 aliphatic carbocycles. The van der Waals surface area contributed by atoms with Gasteiger partial charge in [-0.1, -0.05) is 37.3 Å². The van der Waals surface area contributed by atoms with Crippen molar-refractivity contribution in [2.45, 2.75) is 32.9 Å². The van der Waals surface area contributed by atoms with E-state index in [-0.39, 0.29) is 11.9 Å². The highest BCUT2D eigenvalue weighted by Crippen LogP contribution is 2.14. The zero-order chi connectivity index (χ0) is 15.1. The number of hydrogen-bond donors (Lipinski definition) is 1. The maximum atomic E-state index is 12.0. The van der Waals surface area contributed by atoms with E-state index < -0.39 is 0 Å². The van der Waals surface area contributed by atoms with Crippen molar-refractivity contribution in [3.05, 3.63) is 65.7 Å². The molecule has 2 aromatic carbocycles. The molecule has 0 aromatic heterocycles. The summed E-state index contributed by atoms with van der Waals surface area (Å²) in [6.45, 7) is 4.57. The third-order valence-electron chi connectivity index (χ3n) is 3.35. The molecule has 2 rings (SSSR count).